The SMILES string of the molecule is COc1ccc(Cn2nnc(/C=C/c3c(N4CCC(NC(=O)CN(C)C)CC4)nc4cc(CC(=O)Nc5nc(C(C)(C)C)cs5)ccn4c3=O)n2)cc1. The lowest BCUT2D eigenvalue weighted by Gasteiger charge is -2.34. The Morgan fingerprint density at radius 2 is 1.79 bits per heavy atom. The number of piperidine rings is 1. The van der Waals surface area contributed by atoms with Crippen molar-refractivity contribution in [3.8, 4) is 5.75 Å². The first-order valence-corrected chi connectivity index (χ1v) is 18.3. The van der Waals surface area contributed by atoms with Crippen molar-refractivity contribution < 1.29 is 14.3 Å². The molecule has 0 aliphatic carbocycles. The van der Waals surface area contributed by atoms with Crippen molar-refractivity contribution in [3.05, 3.63) is 86.5 Å². The first-order valence-electron chi connectivity index (χ1n) is 17.4. The summed E-state index contributed by atoms with van der Waals surface area (Å²) in [4.78, 5) is 54.5. The maximum Gasteiger partial charge on any atom is 0.267 e. The molecule has 4 aromatic heterocycles. The van der Waals surface area contributed by atoms with E-state index in [1.54, 1.807) is 37.6 Å². The van der Waals surface area contributed by atoms with Gasteiger partial charge in [0, 0.05) is 36.1 Å². The average molecular weight is 740 g/mol. The molecule has 1 aliphatic heterocycles. The summed E-state index contributed by atoms with van der Waals surface area (Å²) >= 11 is 1.39. The van der Waals surface area contributed by atoms with Crippen LogP contribution in [0.5, 0.6) is 5.75 Å². The second-order valence-corrected chi connectivity index (χ2v) is 15.2. The second kappa shape index (κ2) is 16.0. The van der Waals surface area contributed by atoms with Crippen molar-refractivity contribution in [2.24, 2.45) is 0 Å². The number of ether oxygens (including phenoxy) is 1. The lowest BCUT2D eigenvalue weighted by Crippen LogP contribution is -2.47. The fourth-order valence-electron chi connectivity index (χ4n) is 5.94. The molecule has 0 saturated carbocycles. The summed E-state index contributed by atoms with van der Waals surface area (Å²) in [6, 6.07) is 11.1. The van der Waals surface area contributed by atoms with Gasteiger partial charge in [-0.1, -0.05) is 32.9 Å². The molecule has 0 atom stereocenters. The molecule has 0 spiro atoms. The smallest absolute Gasteiger partial charge is 0.267 e. The topological polar surface area (TPSA) is 165 Å². The van der Waals surface area contributed by atoms with Crippen molar-refractivity contribution in [3.63, 3.8) is 0 Å². The number of nitrogens with zero attached hydrogens (tertiary/aromatic N) is 9. The summed E-state index contributed by atoms with van der Waals surface area (Å²) in [5.41, 5.74) is 2.99. The molecule has 16 heteroatoms. The van der Waals surface area contributed by atoms with Crippen LogP contribution in [0, 0.1) is 0 Å². The summed E-state index contributed by atoms with van der Waals surface area (Å²) in [5, 5.41) is 21.4. The number of amides is 2. The van der Waals surface area contributed by atoms with Crippen LogP contribution in [0.1, 0.15) is 61.8 Å². The average Bonchev–Trinajstić information content (AvgIpc) is 3.78. The Morgan fingerprint density at radius 3 is 2.47 bits per heavy atom. The lowest BCUT2D eigenvalue weighted by molar-refractivity contribution is -0.122. The molecule has 1 aliphatic rings. The number of likely N-dealkylation sites (N-methyl/N-ethyl adjacent to an activating group) is 1. The van der Waals surface area contributed by atoms with Gasteiger partial charge >= 0.3 is 0 Å². The van der Waals surface area contributed by atoms with Crippen LogP contribution < -0.4 is 25.8 Å². The highest BCUT2D eigenvalue weighted by molar-refractivity contribution is 7.14. The molecule has 0 unspecified atom stereocenters. The van der Waals surface area contributed by atoms with Gasteiger partial charge < -0.3 is 25.2 Å². The third-order valence-corrected chi connectivity index (χ3v) is 9.52. The van der Waals surface area contributed by atoms with E-state index in [9.17, 15) is 14.4 Å². The van der Waals surface area contributed by atoms with Crippen molar-refractivity contribution in [1.82, 2.24) is 44.8 Å². The van der Waals surface area contributed by atoms with Gasteiger partial charge in [-0.2, -0.15) is 4.80 Å². The third-order valence-electron chi connectivity index (χ3n) is 8.76. The minimum Gasteiger partial charge on any atom is -0.497 e. The van der Waals surface area contributed by atoms with E-state index < -0.39 is 0 Å². The maximum absolute atomic E-state index is 14.1. The predicted molar refractivity (Wildman–Crippen MR) is 205 cm³/mol. The Labute approximate surface area is 311 Å². The third kappa shape index (κ3) is 9.50. The minimum atomic E-state index is -0.276. The number of tetrazole rings is 1. The largest absolute Gasteiger partial charge is 0.497 e. The van der Waals surface area contributed by atoms with Gasteiger partial charge in [0.05, 0.1) is 37.9 Å². The van der Waals surface area contributed by atoms with Crippen LogP contribution in [0.2, 0.25) is 0 Å². The Morgan fingerprint density at radius 1 is 1.04 bits per heavy atom. The van der Waals surface area contributed by atoms with Gasteiger partial charge in [-0.25, -0.2) is 9.97 Å². The number of benzene rings is 1. The van der Waals surface area contributed by atoms with E-state index >= 15 is 0 Å². The predicted octanol–water partition coefficient (Wildman–Crippen LogP) is 3.49. The van der Waals surface area contributed by atoms with Gasteiger partial charge in [-0.15, -0.1) is 21.5 Å². The van der Waals surface area contributed by atoms with Crippen molar-refractivity contribution in [1.29, 1.82) is 0 Å². The van der Waals surface area contributed by atoms with E-state index in [4.69, 9.17) is 9.72 Å². The molecule has 15 nitrogen and oxygen atoms in total. The molecule has 53 heavy (non-hydrogen) atoms. The first-order chi connectivity index (χ1) is 25.3. The number of aromatic nitrogens is 7. The summed E-state index contributed by atoms with van der Waals surface area (Å²) in [5.74, 6) is 1.38. The van der Waals surface area contributed by atoms with Crippen LogP contribution >= 0.6 is 11.3 Å². The quantitative estimate of drug-likeness (QED) is 0.193. The van der Waals surface area contributed by atoms with E-state index in [2.05, 4.69) is 56.7 Å². The summed E-state index contributed by atoms with van der Waals surface area (Å²) in [6.07, 6.45) is 6.45. The number of nitrogens with one attached hydrogen (secondary N) is 2. The number of thiazole rings is 1. The van der Waals surface area contributed by atoms with E-state index in [0.29, 0.717) is 72.6 Å². The minimum absolute atomic E-state index is 0.0200. The standard InChI is InChI=1S/C37H45N11O4S/c1-37(2,3)29-23-53-36(39-29)41-32(49)20-25-13-18-47-31(19-25)40-34(46-16-14-26(15-17-46)38-33(50)22-45(4)5)28(35(47)51)11-12-30-42-44-48(43-30)21-24-7-9-27(52-6)10-8-24/h7-13,18-19,23,26H,14-17,20-22H2,1-6H3,(H,38,50)(H,39,41,49)/b12-11+. The first kappa shape index (κ1) is 37.3. The Kier molecular flexibility index (Phi) is 11.3. The number of methoxy groups -OCH3 is 1. The van der Waals surface area contributed by atoms with E-state index in [0.717, 1.165) is 17.0 Å². The maximum atomic E-state index is 14.1. The molecule has 0 radical (unpaired) electrons. The Balaban J connectivity index is 1.25. The molecule has 2 N–H and O–H groups in total. The number of pyridine rings is 1. The van der Waals surface area contributed by atoms with E-state index in [1.165, 1.54) is 20.5 Å². The van der Waals surface area contributed by atoms with Gasteiger partial charge in [0.1, 0.15) is 17.2 Å². The molecule has 1 saturated heterocycles. The summed E-state index contributed by atoms with van der Waals surface area (Å²) in [7, 11) is 5.34. The zero-order valence-electron chi connectivity index (χ0n) is 30.9. The zero-order valence-corrected chi connectivity index (χ0v) is 31.7. The second-order valence-electron chi connectivity index (χ2n) is 14.4. The molecular formula is C37H45N11O4S. The Bertz CT molecular complexity index is 2160. The number of carbonyl (C=O) groups is 2. The Hall–Kier alpha value is -5.48. The summed E-state index contributed by atoms with van der Waals surface area (Å²) in [6.45, 7) is 8.13. The van der Waals surface area contributed by atoms with Crippen LogP contribution in [0.25, 0.3) is 17.8 Å². The van der Waals surface area contributed by atoms with Gasteiger partial charge in [0.15, 0.2) is 11.0 Å². The van der Waals surface area contributed by atoms with E-state index in [1.807, 2.05) is 48.6 Å². The van der Waals surface area contributed by atoms with Crippen LogP contribution in [0.4, 0.5) is 10.9 Å². The van der Waals surface area contributed by atoms with Crippen molar-refractivity contribution >= 4 is 51.9 Å². The molecule has 1 aromatic carbocycles. The summed E-state index contributed by atoms with van der Waals surface area (Å²) < 4.78 is 6.71. The normalized spacial score (nSPS) is 14.0. The molecule has 5 heterocycles. The monoisotopic (exact) mass is 739 g/mol. The van der Waals surface area contributed by atoms with Gasteiger partial charge in [0.2, 0.25) is 11.8 Å². The number of carbonyl (C=O) groups excluding carboxylic acids is 2. The van der Waals surface area contributed by atoms with Crippen LogP contribution in [-0.2, 0) is 28.0 Å². The van der Waals surface area contributed by atoms with Gasteiger partial charge in [-0.05, 0) is 79.7 Å². The van der Waals surface area contributed by atoms with E-state index in [-0.39, 0.29) is 35.3 Å². The van der Waals surface area contributed by atoms with Gasteiger partial charge in [0.25, 0.3) is 5.56 Å². The van der Waals surface area contributed by atoms with Gasteiger partial charge in [-0.3, -0.25) is 18.8 Å². The van der Waals surface area contributed by atoms with Crippen LogP contribution in [-0.4, -0.2) is 98.2 Å². The molecule has 1 fully saturated rings. The van der Waals surface area contributed by atoms with Crippen LogP contribution in [0.3, 0.4) is 0 Å². The molecule has 0 bridgehead atoms. The van der Waals surface area contributed by atoms with Crippen molar-refractivity contribution in [2.75, 3.05) is 51.1 Å². The number of hydrogen-bond acceptors (Lipinski definition) is 12. The number of rotatable bonds is 12. The number of fused-ring (bicyclic) bond motifs is 1. The number of anilines is 2. The van der Waals surface area contributed by atoms with Crippen LogP contribution in [0.15, 0.2) is 52.8 Å². The van der Waals surface area contributed by atoms with Crippen molar-refractivity contribution in [2.45, 2.75) is 58.0 Å². The molecule has 2 amide bonds. The number of hydrogen-bond donors (Lipinski definition) is 2. The molecule has 6 rings (SSSR count). The molecular weight excluding hydrogens is 695 g/mol. The molecule has 278 valence electrons. The highest BCUT2D eigenvalue weighted by atomic mass is 32.1. The fraction of sp³-hybridized carbons (Fsp3) is 0.405. The highest BCUT2D eigenvalue weighted by Gasteiger charge is 2.25. The molecule has 5 aromatic rings. The fourth-order valence-corrected chi connectivity index (χ4v) is 6.89. The highest BCUT2D eigenvalue weighted by Crippen LogP contribution is 2.27. The zero-order chi connectivity index (χ0) is 37.7. The lowest BCUT2D eigenvalue weighted by atomic mass is 9.93.